The van der Waals surface area contributed by atoms with Gasteiger partial charge in [-0.3, -0.25) is 9.78 Å². The zero-order valence-corrected chi connectivity index (χ0v) is 12.2. The Morgan fingerprint density at radius 3 is 2.95 bits per heavy atom. The summed E-state index contributed by atoms with van der Waals surface area (Å²) in [5.74, 6) is 1.89. The van der Waals surface area contributed by atoms with E-state index >= 15 is 0 Å². The summed E-state index contributed by atoms with van der Waals surface area (Å²) < 4.78 is 5.31. The van der Waals surface area contributed by atoms with Crippen LogP contribution in [-0.4, -0.2) is 39.0 Å². The van der Waals surface area contributed by atoms with E-state index in [4.69, 9.17) is 4.52 Å². The lowest BCUT2D eigenvalue weighted by molar-refractivity contribution is -0.136. The van der Waals surface area contributed by atoms with Crippen LogP contribution < -0.4 is 0 Å². The average molecular weight is 286 g/mol. The minimum atomic E-state index is 0.152. The van der Waals surface area contributed by atoms with Gasteiger partial charge in [-0.25, -0.2) is 0 Å². The van der Waals surface area contributed by atoms with Crippen molar-refractivity contribution in [3.63, 3.8) is 0 Å². The van der Waals surface area contributed by atoms with Crippen molar-refractivity contribution in [1.29, 1.82) is 0 Å². The molecule has 1 aliphatic rings. The van der Waals surface area contributed by atoms with E-state index < -0.39 is 0 Å². The van der Waals surface area contributed by atoms with Crippen LogP contribution in [-0.2, 0) is 4.79 Å². The number of carbonyl (C=O) groups is 1. The minimum Gasteiger partial charge on any atom is -0.341 e. The molecule has 0 aromatic carbocycles. The third-order valence-corrected chi connectivity index (χ3v) is 3.53. The molecule has 2 aromatic rings. The van der Waals surface area contributed by atoms with Crippen molar-refractivity contribution in [3.8, 4) is 11.4 Å². The van der Waals surface area contributed by atoms with Gasteiger partial charge in [0.15, 0.2) is 0 Å². The van der Waals surface area contributed by atoms with Crippen LogP contribution in [0.4, 0.5) is 0 Å². The van der Waals surface area contributed by atoms with E-state index in [2.05, 4.69) is 15.1 Å². The number of rotatable bonds is 4. The monoisotopic (exact) mass is 286 g/mol. The number of amides is 1. The molecule has 110 valence electrons. The second-order valence-electron chi connectivity index (χ2n) is 5.79. The number of carbonyl (C=O) groups excluding carboxylic acids is 1. The van der Waals surface area contributed by atoms with Crippen LogP contribution >= 0.6 is 0 Å². The predicted molar refractivity (Wildman–Crippen MR) is 76.3 cm³/mol. The highest BCUT2D eigenvalue weighted by molar-refractivity contribution is 5.77. The topological polar surface area (TPSA) is 72.1 Å². The van der Waals surface area contributed by atoms with Gasteiger partial charge < -0.3 is 9.42 Å². The summed E-state index contributed by atoms with van der Waals surface area (Å²) in [4.78, 5) is 22.2. The Labute approximate surface area is 123 Å². The predicted octanol–water partition coefficient (Wildman–Crippen LogP) is 2.10. The fourth-order valence-corrected chi connectivity index (χ4v) is 2.33. The lowest BCUT2D eigenvalue weighted by Gasteiger charge is -2.37. The smallest absolute Gasteiger partial charge is 0.233 e. The minimum absolute atomic E-state index is 0.152. The molecular formula is C15H18N4O2. The van der Waals surface area contributed by atoms with Crippen LogP contribution in [0.15, 0.2) is 29.0 Å². The van der Waals surface area contributed by atoms with Crippen molar-refractivity contribution < 1.29 is 9.32 Å². The molecule has 0 radical (unpaired) electrons. The molecule has 1 amide bonds. The summed E-state index contributed by atoms with van der Waals surface area (Å²) in [6.07, 6.45) is 4.00. The third kappa shape index (κ3) is 2.94. The summed E-state index contributed by atoms with van der Waals surface area (Å²) >= 11 is 0. The zero-order chi connectivity index (χ0) is 14.8. The molecule has 6 nitrogen and oxygen atoms in total. The SMILES string of the molecule is CC(C)CC(=O)N1CC(c2nc(-c3cccnc3)no2)C1. The number of hydrogen-bond donors (Lipinski definition) is 0. The Morgan fingerprint density at radius 1 is 1.48 bits per heavy atom. The highest BCUT2D eigenvalue weighted by atomic mass is 16.5. The average Bonchev–Trinajstić information content (AvgIpc) is 2.86. The van der Waals surface area contributed by atoms with Gasteiger partial charge in [0.05, 0.1) is 5.92 Å². The molecular weight excluding hydrogens is 268 g/mol. The van der Waals surface area contributed by atoms with Crippen molar-refractivity contribution in [2.24, 2.45) is 5.92 Å². The number of pyridine rings is 1. The van der Waals surface area contributed by atoms with E-state index in [9.17, 15) is 4.79 Å². The van der Waals surface area contributed by atoms with Gasteiger partial charge in [0, 0.05) is 37.5 Å². The van der Waals surface area contributed by atoms with Gasteiger partial charge in [0.25, 0.3) is 0 Å². The van der Waals surface area contributed by atoms with Crippen molar-refractivity contribution in [2.45, 2.75) is 26.2 Å². The van der Waals surface area contributed by atoms with E-state index in [1.54, 1.807) is 12.4 Å². The summed E-state index contributed by atoms with van der Waals surface area (Å²) in [5, 5.41) is 3.98. The lowest BCUT2D eigenvalue weighted by Crippen LogP contribution is -2.48. The van der Waals surface area contributed by atoms with Gasteiger partial charge in [-0.2, -0.15) is 4.98 Å². The van der Waals surface area contributed by atoms with Gasteiger partial charge in [-0.1, -0.05) is 19.0 Å². The Bertz CT molecular complexity index is 618. The number of likely N-dealkylation sites (tertiary alicyclic amines) is 1. The Morgan fingerprint density at radius 2 is 2.29 bits per heavy atom. The maximum Gasteiger partial charge on any atom is 0.233 e. The van der Waals surface area contributed by atoms with Crippen LogP contribution in [0, 0.1) is 5.92 Å². The number of nitrogens with zero attached hydrogens (tertiary/aromatic N) is 4. The van der Waals surface area contributed by atoms with Gasteiger partial charge in [-0.05, 0) is 18.1 Å². The quantitative estimate of drug-likeness (QED) is 0.860. The molecule has 0 unspecified atom stereocenters. The van der Waals surface area contributed by atoms with E-state index in [0.717, 1.165) is 5.56 Å². The zero-order valence-electron chi connectivity index (χ0n) is 12.2. The highest BCUT2D eigenvalue weighted by Crippen LogP contribution is 2.28. The van der Waals surface area contributed by atoms with Crippen molar-refractivity contribution >= 4 is 5.91 Å². The summed E-state index contributed by atoms with van der Waals surface area (Å²) in [5.41, 5.74) is 0.833. The first-order valence-electron chi connectivity index (χ1n) is 7.15. The van der Waals surface area contributed by atoms with Gasteiger partial charge in [0.2, 0.25) is 17.6 Å². The molecule has 1 aliphatic heterocycles. The number of hydrogen-bond acceptors (Lipinski definition) is 5. The highest BCUT2D eigenvalue weighted by Gasteiger charge is 2.35. The molecule has 2 aromatic heterocycles. The molecule has 3 rings (SSSR count). The van der Waals surface area contributed by atoms with E-state index in [-0.39, 0.29) is 11.8 Å². The van der Waals surface area contributed by atoms with Gasteiger partial charge >= 0.3 is 0 Å². The normalized spacial score (nSPS) is 15.3. The molecule has 1 fully saturated rings. The largest absolute Gasteiger partial charge is 0.341 e. The molecule has 0 bridgehead atoms. The van der Waals surface area contributed by atoms with E-state index in [0.29, 0.717) is 37.1 Å². The fourth-order valence-electron chi connectivity index (χ4n) is 2.33. The Hall–Kier alpha value is -2.24. The lowest BCUT2D eigenvalue weighted by atomic mass is 9.98. The fraction of sp³-hybridized carbons (Fsp3) is 0.467. The molecule has 6 heteroatoms. The molecule has 3 heterocycles. The molecule has 0 atom stereocenters. The van der Waals surface area contributed by atoms with Crippen molar-refractivity contribution in [3.05, 3.63) is 30.4 Å². The summed E-state index contributed by atoms with van der Waals surface area (Å²) in [6.45, 7) is 5.43. The van der Waals surface area contributed by atoms with Crippen molar-refractivity contribution in [2.75, 3.05) is 13.1 Å². The maximum absolute atomic E-state index is 11.9. The molecule has 0 spiro atoms. The molecule has 0 saturated carbocycles. The molecule has 0 N–H and O–H groups in total. The van der Waals surface area contributed by atoms with Crippen LogP contribution in [0.3, 0.4) is 0 Å². The van der Waals surface area contributed by atoms with E-state index in [1.165, 1.54) is 0 Å². The first-order valence-corrected chi connectivity index (χ1v) is 7.15. The van der Waals surface area contributed by atoms with Crippen LogP contribution in [0.1, 0.15) is 32.1 Å². The third-order valence-electron chi connectivity index (χ3n) is 3.53. The summed E-state index contributed by atoms with van der Waals surface area (Å²) in [7, 11) is 0. The van der Waals surface area contributed by atoms with E-state index in [1.807, 2.05) is 30.9 Å². The second-order valence-corrected chi connectivity index (χ2v) is 5.79. The van der Waals surface area contributed by atoms with Gasteiger partial charge in [-0.15, -0.1) is 0 Å². The Kier molecular flexibility index (Phi) is 3.68. The second kappa shape index (κ2) is 5.63. The first kappa shape index (κ1) is 13.7. The maximum atomic E-state index is 11.9. The van der Waals surface area contributed by atoms with Crippen LogP contribution in [0.2, 0.25) is 0 Å². The molecule has 21 heavy (non-hydrogen) atoms. The molecule has 0 aliphatic carbocycles. The summed E-state index contributed by atoms with van der Waals surface area (Å²) in [6, 6.07) is 3.72. The van der Waals surface area contributed by atoms with Crippen molar-refractivity contribution in [1.82, 2.24) is 20.0 Å². The molecule has 1 saturated heterocycles. The van der Waals surface area contributed by atoms with Crippen LogP contribution in [0.25, 0.3) is 11.4 Å². The first-order chi connectivity index (χ1) is 10.1. The standard InChI is InChI=1S/C15H18N4O2/c1-10(2)6-13(20)19-8-12(9-19)15-17-14(18-21-15)11-4-3-5-16-7-11/h3-5,7,10,12H,6,8-9H2,1-2H3. The van der Waals surface area contributed by atoms with Crippen LogP contribution in [0.5, 0.6) is 0 Å². The Balaban J connectivity index is 1.61. The van der Waals surface area contributed by atoms with Gasteiger partial charge in [0.1, 0.15) is 0 Å². The number of aromatic nitrogens is 3.